The van der Waals surface area contributed by atoms with Gasteiger partial charge in [-0.2, -0.15) is 4.52 Å². The van der Waals surface area contributed by atoms with Crippen molar-refractivity contribution in [2.24, 2.45) is 5.92 Å². The molecule has 1 fully saturated rings. The summed E-state index contributed by atoms with van der Waals surface area (Å²) < 4.78 is 7.45. The first-order valence-electron chi connectivity index (χ1n) is 7.50. The van der Waals surface area contributed by atoms with Crippen LogP contribution in [0.2, 0.25) is 0 Å². The van der Waals surface area contributed by atoms with Gasteiger partial charge in [-0.25, -0.2) is 0 Å². The average molecular weight is 272 g/mol. The first kappa shape index (κ1) is 12.1. The molecule has 2 bridgehead atoms. The zero-order chi connectivity index (χ0) is 13.9. The second-order valence-electron chi connectivity index (χ2n) is 6.25. The normalized spacial score (nSPS) is 28.4. The summed E-state index contributed by atoms with van der Waals surface area (Å²) in [5.74, 6) is 3.46. The molecular formula is C15H20N4O. The first-order chi connectivity index (χ1) is 9.70. The fourth-order valence-electron chi connectivity index (χ4n) is 4.13. The predicted molar refractivity (Wildman–Crippen MR) is 75.2 cm³/mol. The van der Waals surface area contributed by atoms with E-state index in [0.717, 1.165) is 17.4 Å². The molecule has 5 rings (SSSR count). The molecule has 0 amide bonds. The van der Waals surface area contributed by atoms with Gasteiger partial charge in [0.05, 0.1) is 7.11 Å². The van der Waals surface area contributed by atoms with Crippen molar-refractivity contribution in [3.63, 3.8) is 0 Å². The van der Waals surface area contributed by atoms with Crippen LogP contribution in [0.5, 0.6) is 5.88 Å². The van der Waals surface area contributed by atoms with Crippen molar-refractivity contribution >= 4 is 5.65 Å². The lowest BCUT2D eigenvalue weighted by molar-refractivity contribution is 0.367. The SMILES string of the molecule is COc1nn2c(C)nnc2c2c1C1CCC(C)C2CC1. The van der Waals surface area contributed by atoms with Gasteiger partial charge in [-0.15, -0.1) is 15.3 Å². The van der Waals surface area contributed by atoms with Crippen molar-refractivity contribution in [1.82, 2.24) is 19.8 Å². The molecule has 5 heteroatoms. The molecule has 3 atom stereocenters. The molecule has 0 aromatic carbocycles. The molecule has 106 valence electrons. The number of ether oxygens (including phenoxy) is 1. The largest absolute Gasteiger partial charge is 0.480 e. The van der Waals surface area contributed by atoms with E-state index in [9.17, 15) is 0 Å². The lowest BCUT2D eigenvalue weighted by atomic mass is 9.76. The second-order valence-corrected chi connectivity index (χ2v) is 6.25. The quantitative estimate of drug-likeness (QED) is 0.801. The van der Waals surface area contributed by atoms with E-state index in [1.54, 1.807) is 7.11 Å². The Balaban J connectivity index is 2.10. The Hall–Kier alpha value is -1.65. The number of aromatic nitrogens is 4. The van der Waals surface area contributed by atoms with Gasteiger partial charge in [-0.3, -0.25) is 0 Å². The lowest BCUT2D eigenvalue weighted by Crippen LogP contribution is -2.18. The summed E-state index contributed by atoms with van der Waals surface area (Å²) in [5, 5.41) is 13.2. The van der Waals surface area contributed by atoms with Gasteiger partial charge < -0.3 is 4.74 Å². The highest BCUT2D eigenvalue weighted by molar-refractivity contribution is 5.58. The van der Waals surface area contributed by atoms with Crippen LogP contribution in [0.25, 0.3) is 5.65 Å². The highest BCUT2D eigenvalue weighted by Gasteiger charge is 2.39. The highest BCUT2D eigenvalue weighted by Crippen LogP contribution is 2.52. The third-order valence-corrected chi connectivity index (χ3v) is 5.20. The summed E-state index contributed by atoms with van der Waals surface area (Å²) in [5.41, 5.74) is 3.62. The Morgan fingerprint density at radius 1 is 1.10 bits per heavy atom. The van der Waals surface area contributed by atoms with Crippen molar-refractivity contribution in [3.8, 4) is 5.88 Å². The molecular weight excluding hydrogens is 252 g/mol. The van der Waals surface area contributed by atoms with Crippen LogP contribution in [0.4, 0.5) is 0 Å². The van der Waals surface area contributed by atoms with Crippen LogP contribution >= 0.6 is 0 Å². The molecule has 2 aromatic rings. The summed E-state index contributed by atoms with van der Waals surface area (Å²) in [7, 11) is 1.72. The molecule has 0 radical (unpaired) electrons. The van der Waals surface area contributed by atoms with Gasteiger partial charge in [0.1, 0.15) is 0 Å². The minimum absolute atomic E-state index is 0.576. The number of nitrogens with zero attached hydrogens (tertiary/aromatic N) is 4. The van der Waals surface area contributed by atoms with E-state index in [2.05, 4.69) is 22.2 Å². The van der Waals surface area contributed by atoms with E-state index >= 15 is 0 Å². The lowest BCUT2D eigenvalue weighted by Gasteiger charge is -2.30. The fourth-order valence-corrected chi connectivity index (χ4v) is 4.13. The fraction of sp³-hybridized carbons (Fsp3) is 0.667. The van der Waals surface area contributed by atoms with Gasteiger partial charge >= 0.3 is 0 Å². The number of methoxy groups -OCH3 is 1. The predicted octanol–water partition coefficient (Wildman–Crippen LogP) is 2.83. The molecule has 3 aliphatic carbocycles. The zero-order valence-corrected chi connectivity index (χ0v) is 12.3. The molecule has 0 N–H and O–H groups in total. The number of fused-ring (bicyclic) bond motifs is 4. The van der Waals surface area contributed by atoms with E-state index in [0.29, 0.717) is 17.8 Å². The minimum atomic E-state index is 0.576. The number of rotatable bonds is 1. The van der Waals surface area contributed by atoms with E-state index < -0.39 is 0 Å². The maximum Gasteiger partial charge on any atom is 0.235 e. The van der Waals surface area contributed by atoms with Crippen molar-refractivity contribution < 1.29 is 4.74 Å². The summed E-state index contributed by atoms with van der Waals surface area (Å²) in [6.45, 7) is 4.31. The van der Waals surface area contributed by atoms with Gasteiger partial charge in [0.15, 0.2) is 11.5 Å². The van der Waals surface area contributed by atoms with Crippen LogP contribution in [0.15, 0.2) is 0 Å². The van der Waals surface area contributed by atoms with E-state index in [1.807, 2.05) is 11.4 Å². The first-order valence-corrected chi connectivity index (χ1v) is 7.50. The van der Waals surface area contributed by atoms with Crippen LogP contribution in [-0.4, -0.2) is 26.9 Å². The Bertz CT molecular complexity index is 678. The molecule has 2 heterocycles. The van der Waals surface area contributed by atoms with Crippen LogP contribution < -0.4 is 4.74 Å². The minimum Gasteiger partial charge on any atom is -0.480 e. The Kier molecular flexibility index (Phi) is 2.53. The zero-order valence-electron chi connectivity index (χ0n) is 12.3. The van der Waals surface area contributed by atoms with Crippen LogP contribution in [-0.2, 0) is 0 Å². The van der Waals surface area contributed by atoms with Crippen LogP contribution in [0, 0.1) is 12.8 Å². The summed E-state index contributed by atoms with van der Waals surface area (Å²) in [6, 6.07) is 0. The van der Waals surface area contributed by atoms with Gasteiger partial charge in [0, 0.05) is 11.1 Å². The molecule has 1 saturated carbocycles. The second kappa shape index (κ2) is 4.17. The highest BCUT2D eigenvalue weighted by atomic mass is 16.5. The molecule has 5 nitrogen and oxygen atoms in total. The summed E-state index contributed by atoms with van der Waals surface area (Å²) >= 11 is 0. The van der Waals surface area contributed by atoms with Gasteiger partial charge in [-0.05, 0) is 50.4 Å². The molecule has 2 aromatic heterocycles. The van der Waals surface area contributed by atoms with Crippen LogP contribution in [0.1, 0.15) is 61.4 Å². The monoisotopic (exact) mass is 272 g/mol. The Morgan fingerprint density at radius 2 is 1.90 bits per heavy atom. The standard InChI is InChI=1S/C15H20N4O/c1-8-4-5-10-6-7-11(8)13-12(10)15(20-3)18-19-9(2)16-17-14(13)19/h8,10-11H,4-7H2,1-3H3. The average Bonchev–Trinajstić information content (AvgIpc) is 2.65. The maximum absolute atomic E-state index is 5.60. The van der Waals surface area contributed by atoms with Gasteiger partial charge in [-0.1, -0.05) is 6.92 Å². The van der Waals surface area contributed by atoms with Gasteiger partial charge in [0.2, 0.25) is 5.88 Å². The number of hydrogen-bond donors (Lipinski definition) is 0. The topological polar surface area (TPSA) is 52.3 Å². The smallest absolute Gasteiger partial charge is 0.235 e. The maximum atomic E-state index is 5.60. The third-order valence-electron chi connectivity index (χ3n) is 5.20. The molecule has 3 unspecified atom stereocenters. The third kappa shape index (κ3) is 1.46. The van der Waals surface area contributed by atoms with Crippen molar-refractivity contribution in [2.45, 2.75) is 51.4 Å². The van der Waals surface area contributed by atoms with Crippen LogP contribution in [0.3, 0.4) is 0 Å². The molecule has 3 aliphatic rings. The van der Waals surface area contributed by atoms with Crippen molar-refractivity contribution in [1.29, 1.82) is 0 Å². The number of aryl methyl sites for hydroxylation is 1. The molecule has 0 spiro atoms. The number of hydrogen-bond acceptors (Lipinski definition) is 4. The summed E-state index contributed by atoms with van der Waals surface area (Å²) in [4.78, 5) is 0. The summed E-state index contributed by atoms with van der Waals surface area (Å²) in [6.07, 6.45) is 5.04. The molecule has 20 heavy (non-hydrogen) atoms. The van der Waals surface area contributed by atoms with Gasteiger partial charge in [0.25, 0.3) is 0 Å². The molecule has 0 saturated heterocycles. The van der Waals surface area contributed by atoms with E-state index in [4.69, 9.17) is 4.74 Å². The Morgan fingerprint density at radius 3 is 2.70 bits per heavy atom. The Labute approximate surface area is 118 Å². The van der Waals surface area contributed by atoms with Crippen molar-refractivity contribution in [2.75, 3.05) is 7.11 Å². The van der Waals surface area contributed by atoms with E-state index in [-0.39, 0.29) is 0 Å². The molecule has 0 aliphatic heterocycles. The van der Waals surface area contributed by atoms with Crippen molar-refractivity contribution in [3.05, 3.63) is 17.0 Å². The van der Waals surface area contributed by atoms with E-state index in [1.165, 1.54) is 36.8 Å².